The molecule has 1 saturated heterocycles. The van der Waals surface area contributed by atoms with Crippen molar-refractivity contribution in [1.82, 2.24) is 4.90 Å². The molecule has 1 aliphatic rings. The van der Waals surface area contributed by atoms with Gasteiger partial charge in [-0.05, 0) is 28.1 Å². The fraction of sp³-hybridized carbons (Fsp3) is 0.467. The maximum absolute atomic E-state index is 12.2. The Labute approximate surface area is 140 Å². The average Bonchev–Trinajstić information content (AvgIpc) is 2.85. The van der Waals surface area contributed by atoms with Crippen molar-refractivity contribution in [2.75, 3.05) is 25.0 Å². The Kier molecular flexibility index (Phi) is 5.33. The molecule has 1 fully saturated rings. The van der Waals surface area contributed by atoms with Gasteiger partial charge >= 0.3 is 6.18 Å². The first kappa shape index (κ1) is 17.8. The third-order valence-electron chi connectivity index (χ3n) is 3.72. The Hall–Kier alpha value is -1.57. The van der Waals surface area contributed by atoms with Crippen LogP contribution in [0.25, 0.3) is 0 Å². The molecule has 8 heteroatoms. The second kappa shape index (κ2) is 6.90. The second-order valence-electron chi connectivity index (χ2n) is 5.48. The first-order valence-electron chi connectivity index (χ1n) is 7.05. The number of carbonyl (C=O) groups excluding carboxylic acids is 2. The molecule has 1 aromatic carbocycles. The Morgan fingerprint density at radius 2 is 2.04 bits per heavy atom. The van der Waals surface area contributed by atoms with Gasteiger partial charge in [0.05, 0.1) is 18.0 Å². The summed E-state index contributed by atoms with van der Waals surface area (Å²) in [7, 11) is 1.33. The molecule has 2 rings (SSSR count). The highest BCUT2D eigenvalue weighted by molar-refractivity contribution is 9.10. The van der Waals surface area contributed by atoms with Crippen molar-refractivity contribution in [3.8, 4) is 0 Å². The first-order valence-corrected chi connectivity index (χ1v) is 7.85. The van der Waals surface area contributed by atoms with Gasteiger partial charge in [-0.3, -0.25) is 9.59 Å². The predicted molar refractivity (Wildman–Crippen MR) is 82.9 cm³/mol. The van der Waals surface area contributed by atoms with Crippen LogP contribution >= 0.6 is 15.9 Å². The maximum atomic E-state index is 12.2. The topological polar surface area (TPSA) is 40.6 Å². The van der Waals surface area contributed by atoms with Gasteiger partial charge in [0.25, 0.3) is 0 Å². The molecule has 0 radical (unpaired) electrons. The molecular formula is C15H16BrF3N2O2. The van der Waals surface area contributed by atoms with Crippen LogP contribution in [0, 0.1) is 5.92 Å². The van der Waals surface area contributed by atoms with E-state index in [1.807, 2.05) is 6.07 Å². The van der Waals surface area contributed by atoms with Crippen LogP contribution < -0.4 is 4.90 Å². The van der Waals surface area contributed by atoms with Gasteiger partial charge in [0.2, 0.25) is 11.8 Å². The van der Waals surface area contributed by atoms with Crippen LogP contribution in [0.5, 0.6) is 0 Å². The molecule has 126 valence electrons. The third-order valence-corrected chi connectivity index (χ3v) is 4.40. The minimum absolute atomic E-state index is 0.0104. The van der Waals surface area contributed by atoms with Crippen LogP contribution in [0.2, 0.25) is 0 Å². The predicted octanol–water partition coefficient (Wildman–Crippen LogP) is 3.21. The number of anilines is 1. The van der Waals surface area contributed by atoms with Gasteiger partial charge in [0, 0.05) is 31.0 Å². The number of benzene rings is 1. The molecule has 1 aromatic rings. The fourth-order valence-corrected chi connectivity index (χ4v) is 2.99. The number of halogens is 4. The third kappa shape index (κ3) is 4.46. The summed E-state index contributed by atoms with van der Waals surface area (Å²) >= 11 is 3.35. The highest BCUT2D eigenvalue weighted by Gasteiger charge is 2.37. The average molecular weight is 393 g/mol. The Bertz CT molecular complexity index is 607. The van der Waals surface area contributed by atoms with Gasteiger partial charge < -0.3 is 9.80 Å². The molecule has 0 aromatic heterocycles. The molecule has 0 saturated carbocycles. The lowest BCUT2D eigenvalue weighted by Gasteiger charge is -2.22. The van der Waals surface area contributed by atoms with E-state index in [1.54, 1.807) is 18.2 Å². The van der Waals surface area contributed by atoms with E-state index in [4.69, 9.17) is 0 Å². The van der Waals surface area contributed by atoms with E-state index in [2.05, 4.69) is 15.9 Å². The zero-order chi connectivity index (χ0) is 17.2. The SMILES string of the molecule is CN(CCC(F)(F)F)C(=O)C1CC(=O)N(c2ccccc2Br)C1. The summed E-state index contributed by atoms with van der Waals surface area (Å²) in [4.78, 5) is 26.9. The Morgan fingerprint density at radius 1 is 1.39 bits per heavy atom. The zero-order valence-corrected chi connectivity index (χ0v) is 14.0. The molecule has 23 heavy (non-hydrogen) atoms. The van der Waals surface area contributed by atoms with E-state index < -0.39 is 31.0 Å². The number of carbonyl (C=O) groups is 2. The molecule has 0 N–H and O–H groups in total. The normalized spacial score (nSPS) is 18.4. The molecule has 1 unspecified atom stereocenters. The van der Waals surface area contributed by atoms with Crippen LogP contribution in [0.1, 0.15) is 12.8 Å². The van der Waals surface area contributed by atoms with Crippen LogP contribution in [0.4, 0.5) is 18.9 Å². The van der Waals surface area contributed by atoms with Crippen molar-refractivity contribution in [2.24, 2.45) is 5.92 Å². The lowest BCUT2D eigenvalue weighted by Crippen LogP contribution is -2.36. The highest BCUT2D eigenvalue weighted by atomic mass is 79.9. The zero-order valence-electron chi connectivity index (χ0n) is 12.4. The van der Waals surface area contributed by atoms with Gasteiger partial charge in [-0.2, -0.15) is 13.2 Å². The van der Waals surface area contributed by atoms with Crippen molar-refractivity contribution >= 4 is 33.4 Å². The van der Waals surface area contributed by atoms with E-state index >= 15 is 0 Å². The lowest BCUT2D eigenvalue weighted by molar-refractivity contribution is -0.146. The summed E-state index contributed by atoms with van der Waals surface area (Å²) in [5, 5.41) is 0. The quantitative estimate of drug-likeness (QED) is 0.789. The molecule has 2 amide bonds. The van der Waals surface area contributed by atoms with Crippen molar-refractivity contribution in [3.63, 3.8) is 0 Å². The standard InChI is InChI=1S/C15H16BrF3N2O2/c1-20(7-6-15(17,18)19)14(23)10-8-13(22)21(9-10)12-5-3-2-4-11(12)16/h2-5,10H,6-9H2,1H3. The van der Waals surface area contributed by atoms with Gasteiger partial charge in [-0.1, -0.05) is 12.1 Å². The smallest absolute Gasteiger partial charge is 0.345 e. The second-order valence-corrected chi connectivity index (χ2v) is 6.34. The largest absolute Gasteiger partial charge is 0.390 e. The maximum Gasteiger partial charge on any atom is 0.390 e. The minimum atomic E-state index is -4.30. The fourth-order valence-electron chi connectivity index (χ4n) is 2.49. The van der Waals surface area contributed by atoms with E-state index in [0.29, 0.717) is 5.69 Å². The number of rotatable bonds is 4. The molecule has 0 bridgehead atoms. The molecule has 4 nitrogen and oxygen atoms in total. The monoisotopic (exact) mass is 392 g/mol. The first-order chi connectivity index (χ1) is 10.7. The Morgan fingerprint density at radius 3 is 2.65 bits per heavy atom. The van der Waals surface area contributed by atoms with Gasteiger partial charge in [0.15, 0.2) is 0 Å². The lowest BCUT2D eigenvalue weighted by atomic mass is 10.1. The number of hydrogen-bond acceptors (Lipinski definition) is 2. The molecule has 1 atom stereocenters. The molecular weight excluding hydrogens is 377 g/mol. The van der Waals surface area contributed by atoms with E-state index in [9.17, 15) is 22.8 Å². The summed E-state index contributed by atoms with van der Waals surface area (Å²) in [6.45, 7) is -0.224. The van der Waals surface area contributed by atoms with Crippen molar-refractivity contribution in [3.05, 3.63) is 28.7 Å². The number of amides is 2. The molecule has 0 aliphatic carbocycles. The summed E-state index contributed by atoms with van der Waals surface area (Å²) in [5.41, 5.74) is 0.658. The van der Waals surface area contributed by atoms with Crippen LogP contribution in [-0.4, -0.2) is 43.0 Å². The van der Waals surface area contributed by atoms with Crippen molar-refractivity contribution in [1.29, 1.82) is 0 Å². The molecule has 1 aliphatic heterocycles. The number of alkyl halides is 3. The van der Waals surface area contributed by atoms with Crippen LogP contribution in [-0.2, 0) is 9.59 Å². The highest BCUT2D eigenvalue weighted by Crippen LogP contribution is 2.32. The van der Waals surface area contributed by atoms with Gasteiger partial charge in [-0.25, -0.2) is 0 Å². The van der Waals surface area contributed by atoms with Crippen molar-refractivity contribution < 1.29 is 22.8 Å². The van der Waals surface area contributed by atoms with Crippen molar-refractivity contribution in [2.45, 2.75) is 19.0 Å². The summed E-state index contributed by atoms with van der Waals surface area (Å²) in [6, 6.07) is 7.12. The van der Waals surface area contributed by atoms with Gasteiger partial charge in [-0.15, -0.1) is 0 Å². The van der Waals surface area contributed by atoms with Crippen LogP contribution in [0.15, 0.2) is 28.7 Å². The number of hydrogen-bond donors (Lipinski definition) is 0. The van der Waals surface area contributed by atoms with Crippen LogP contribution in [0.3, 0.4) is 0 Å². The number of para-hydroxylation sites is 1. The Balaban J connectivity index is 2.02. The van der Waals surface area contributed by atoms with E-state index in [0.717, 1.165) is 9.37 Å². The number of nitrogens with zero attached hydrogens (tertiary/aromatic N) is 2. The van der Waals surface area contributed by atoms with Gasteiger partial charge in [0.1, 0.15) is 0 Å². The summed E-state index contributed by atoms with van der Waals surface area (Å²) in [5.74, 6) is -1.26. The summed E-state index contributed by atoms with van der Waals surface area (Å²) < 4.78 is 37.5. The minimum Gasteiger partial charge on any atom is -0.345 e. The van der Waals surface area contributed by atoms with E-state index in [-0.39, 0.29) is 18.9 Å². The molecule has 1 heterocycles. The van der Waals surface area contributed by atoms with E-state index in [1.165, 1.54) is 11.9 Å². The molecule has 0 spiro atoms. The summed E-state index contributed by atoms with van der Waals surface area (Å²) in [6.07, 6.45) is -5.35.